The summed E-state index contributed by atoms with van der Waals surface area (Å²) >= 11 is 0. The van der Waals surface area contributed by atoms with Crippen LogP contribution in [0.25, 0.3) is 0 Å². The Morgan fingerprint density at radius 2 is 2.16 bits per heavy atom. The van der Waals surface area contributed by atoms with Gasteiger partial charge in [-0.05, 0) is 30.9 Å². The van der Waals surface area contributed by atoms with Crippen molar-refractivity contribution in [1.29, 1.82) is 0 Å². The Morgan fingerprint density at radius 1 is 1.42 bits per heavy atom. The lowest BCUT2D eigenvalue weighted by atomic mass is 9.99. The van der Waals surface area contributed by atoms with Crippen LogP contribution in [-0.4, -0.2) is 30.4 Å². The first-order valence-corrected chi connectivity index (χ1v) is 7.23. The Labute approximate surface area is 115 Å². The molecule has 0 spiro atoms. The Morgan fingerprint density at radius 3 is 2.84 bits per heavy atom. The lowest BCUT2D eigenvalue weighted by Crippen LogP contribution is -2.29. The van der Waals surface area contributed by atoms with Crippen molar-refractivity contribution in [2.75, 3.05) is 19.6 Å². The molecule has 3 nitrogen and oxygen atoms in total. The molecule has 0 aliphatic carbocycles. The average molecular weight is 260 g/mol. The van der Waals surface area contributed by atoms with Gasteiger partial charge in [0.25, 0.3) is 0 Å². The number of hydrogen-bond acceptors (Lipinski definition) is 2. The van der Waals surface area contributed by atoms with Gasteiger partial charge in [-0.2, -0.15) is 0 Å². The molecule has 0 saturated carbocycles. The van der Waals surface area contributed by atoms with Crippen LogP contribution in [0.5, 0.6) is 0 Å². The van der Waals surface area contributed by atoms with Crippen molar-refractivity contribution < 1.29 is 4.79 Å². The highest BCUT2D eigenvalue weighted by atomic mass is 16.2. The van der Waals surface area contributed by atoms with Gasteiger partial charge in [0, 0.05) is 25.4 Å². The van der Waals surface area contributed by atoms with Gasteiger partial charge in [0.05, 0.1) is 0 Å². The van der Waals surface area contributed by atoms with Crippen LogP contribution < -0.4 is 5.73 Å². The summed E-state index contributed by atoms with van der Waals surface area (Å²) in [6.45, 7) is 4.54. The van der Waals surface area contributed by atoms with E-state index in [1.165, 1.54) is 5.56 Å². The second-order valence-corrected chi connectivity index (χ2v) is 5.62. The maximum Gasteiger partial charge on any atom is 0.222 e. The molecule has 0 aromatic heterocycles. The summed E-state index contributed by atoms with van der Waals surface area (Å²) in [5.74, 6) is 1.24. The molecule has 1 aliphatic rings. The fraction of sp³-hybridized carbons (Fsp3) is 0.562. The summed E-state index contributed by atoms with van der Waals surface area (Å²) in [5, 5.41) is 0. The third-order valence-electron chi connectivity index (χ3n) is 4.07. The molecule has 0 radical (unpaired) electrons. The SMILES string of the molecule is CC(CN)CCC(=O)N1CCC(c2ccccc2)C1. The number of carbonyl (C=O) groups excluding carboxylic acids is 1. The first-order chi connectivity index (χ1) is 9.20. The number of benzene rings is 1. The third-order valence-corrected chi connectivity index (χ3v) is 4.07. The van der Waals surface area contributed by atoms with Crippen molar-refractivity contribution in [2.45, 2.75) is 32.1 Å². The second kappa shape index (κ2) is 6.71. The van der Waals surface area contributed by atoms with E-state index in [0.29, 0.717) is 30.7 Å². The van der Waals surface area contributed by atoms with Crippen LogP contribution in [0.1, 0.15) is 37.7 Å². The Balaban J connectivity index is 1.83. The molecule has 1 heterocycles. The minimum Gasteiger partial charge on any atom is -0.342 e. The molecule has 1 saturated heterocycles. The van der Waals surface area contributed by atoms with E-state index >= 15 is 0 Å². The van der Waals surface area contributed by atoms with Crippen LogP contribution in [-0.2, 0) is 4.79 Å². The van der Waals surface area contributed by atoms with Gasteiger partial charge in [0.1, 0.15) is 0 Å². The van der Waals surface area contributed by atoms with E-state index in [1.54, 1.807) is 0 Å². The molecule has 1 fully saturated rings. The zero-order chi connectivity index (χ0) is 13.7. The van der Waals surface area contributed by atoms with Crippen molar-refractivity contribution in [1.82, 2.24) is 4.90 Å². The fourth-order valence-electron chi connectivity index (χ4n) is 2.63. The molecular weight excluding hydrogens is 236 g/mol. The zero-order valence-corrected chi connectivity index (χ0v) is 11.7. The van der Waals surface area contributed by atoms with Gasteiger partial charge in [0.15, 0.2) is 0 Å². The monoisotopic (exact) mass is 260 g/mol. The predicted molar refractivity (Wildman–Crippen MR) is 77.8 cm³/mol. The number of likely N-dealkylation sites (tertiary alicyclic amines) is 1. The molecular formula is C16H24N2O. The molecule has 19 heavy (non-hydrogen) atoms. The number of amides is 1. The van der Waals surface area contributed by atoms with Crippen LogP contribution in [0.4, 0.5) is 0 Å². The molecule has 1 aliphatic heterocycles. The van der Waals surface area contributed by atoms with Gasteiger partial charge >= 0.3 is 0 Å². The van der Waals surface area contributed by atoms with Crippen LogP contribution in [0.2, 0.25) is 0 Å². The third kappa shape index (κ3) is 3.80. The number of nitrogens with zero attached hydrogens (tertiary/aromatic N) is 1. The quantitative estimate of drug-likeness (QED) is 0.883. The van der Waals surface area contributed by atoms with Gasteiger partial charge in [-0.3, -0.25) is 4.79 Å². The average Bonchev–Trinajstić information content (AvgIpc) is 2.95. The first kappa shape index (κ1) is 14.1. The molecule has 1 aromatic carbocycles. The highest BCUT2D eigenvalue weighted by Crippen LogP contribution is 2.27. The normalized spacial score (nSPS) is 20.5. The molecule has 0 bridgehead atoms. The Kier molecular flexibility index (Phi) is 4.97. The van der Waals surface area contributed by atoms with Crippen molar-refractivity contribution in [3.05, 3.63) is 35.9 Å². The van der Waals surface area contributed by atoms with E-state index < -0.39 is 0 Å². The topological polar surface area (TPSA) is 46.3 Å². The maximum atomic E-state index is 12.1. The van der Waals surface area contributed by atoms with E-state index in [9.17, 15) is 4.79 Å². The van der Waals surface area contributed by atoms with E-state index in [-0.39, 0.29) is 0 Å². The van der Waals surface area contributed by atoms with Gasteiger partial charge < -0.3 is 10.6 Å². The summed E-state index contributed by atoms with van der Waals surface area (Å²) in [6.07, 6.45) is 2.63. The standard InChI is InChI=1S/C16H24N2O/c1-13(11-17)7-8-16(19)18-10-9-15(12-18)14-5-3-2-4-6-14/h2-6,13,15H,7-12,17H2,1H3. The predicted octanol–water partition coefficient (Wildman–Crippen LogP) is 2.38. The Bertz CT molecular complexity index is 404. The van der Waals surface area contributed by atoms with Gasteiger partial charge in [-0.25, -0.2) is 0 Å². The number of carbonyl (C=O) groups is 1. The molecule has 104 valence electrons. The minimum absolute atomic E-state index is 0.290. The minimum atomic E-state index is 0.290. The fourth-order valence-corrected chi connectivity index (χ4v) is 2.63. The molecule has 1 aromatic rings. The highest BCUT2D eigenvalue weighted by Gasteiger charge is 2.26. The highest BCUT2D eigenvalue weighted by molar-refractivity contribution is 5.76. The van der Waals surface area contributed by atoms with Crippen molar-refractivity contribution in [3.63, 3.8) is 0 Å². The molecule has 2 N–H and O–H groups in total. The maximum absolute atomic E-state index is 12.1. The lowest BCUT2D eigenvalue weighted by Gasteiger charge is -2.17. The smallest absolute Gasteiger partial charge is 0.222 e. The van der Waals surface area contributed by atoms with E-state index in [2.05, 4.69) is 31.2 Å². The van der Waals surface area contributed by atoms with E-state index in [4.69, 9.17) is 5.73 Å². The van der Waals surface area contributed by atoms with Crippen molar-refractivity contribution in [3.8, 4) is 0 Å². The molecule has 1 amide bonds. The Hall–Kier alpha value is -1.35. The van der Waals surface area contributed by atoms with Crippen molar-refractivity contribution >= 4 is 5.91 Å². The van der Waals surface area contributed by atoms with Crippen LogP contribution >= 0.6 is 0 Å². The first-order valence-electron chi connectivity index (χ1n) is 7.23. The lowest BCUT2D eigenvalue weighted by molar-refractivity contribution is -0.130. The van der Waals surface area contributed by atoms with Crippen LogP contribution in [0, 0.1) is 5.92 Å². The van der Waals surface area contributed by atoms with E-state index in [0.717, 1.165) is 25.9 Å². The van der Waals surface area contributed by atoms with E-state index in [1.807, 2.05) is 11.0 Å². The molecule has 2 rings (SSSR count). The zero-order valence-electron chi connectivity index (χ0n) is 11.7. The largest absolute Gasteiger partial charge is 0.342 e. The van der Waals surface area contributed by atoms with Crippen molar-refractivity contribution in [2.24, 2.45) is 11.7 Å². The van der Waals surface area contributed by atoms with Gasteiger partial charge in [-0.1, -0.05) is 37.3 Å². The molecule has 2 unspecified atom stereocenters. The van der Waals surface area contributed by atoms with Gasteiger partial charge in [-0.15, -0.1) is 0 Å². The van der Waals surface area contributed by atoms with Crippen LogP contribution in [0.15, 0.2) is 30.3 Å². The molecule has 3 heteroatoms. The van der Waals surface area contributed by atoms with Gasteiger partial charge in [0.2, 0.25) is 5.91 Å². The summed E-state index contributed by atoms with van der Waals surface area (Å²) in [7, 11) is 0. The molecule has 2 atom stereocenters. The number of nitrogens with two attached hydrogens (primary N) is 1. The summed E-state index contributed by atoms with van der Waals surface area (Å²) < 4.78 is 0. The number of rotatable bonds is 5. The van der Waals surface area contributed by atoms with Crippen LogP contribution in [0.3, 0.4) is 0 Å². The summed E-state index contributed by atoms with van der Waals surface area (Å²) in [5.41, 5.74) is 6.94. The summed E-state index contributed by atoms with van der Waals surface area (Å²) in [4.78, 5) is 14.1. The second-order valence-electron chi connectivity index (χ2n) is 5.62. The summed E-state index contributed by atoms with van der Waals surface area (Å²) in [6, 6.07) is 10.5. The number of hydrogen-bond donors (Lipinski definition) is 1.